The lowest BCUT2D eigenvalue weighted by Gasteiger charge is -2.21. The molecule has 0 spiro atoms. The van der Waals surface area contributed by atoms with Crippen LogP contribution in [0.15, 0.2) is 54.6 Å². The largest absolute Gasteiger partial charge is 0.302 e. The van der Waals surface area contributed by atoms with E-state index in [4.69, 9.17) is 28.9 Å². The number of hydrogen-bond donors (Lipinski definition) is 1. The summed E-state index contributed by atoms with van der Waals surface area (Å²) in [6.07, 6.45) is 0. The minimum atomic E-state index is -1.56. The van der Waals surface area contributed by atoms with Crippen molar-refractivity contribution in [3.8, 4) is 0 Å². The van der Waals surface area contributed by atoms with Crippen molar-refractivity contribution in [1.82, 2.24) is 0 Å². The van der Waals surface area contributed by atoms with Gasteiger partial charge in [-0.1, -0.05) is 53.5 Å². The number of benzene rings is 2. The number of ketones is 1. The Hall–Kier alpha value is -1.35. The van der Waals surface area contributed by atoms with Crippen molar-refractivity contribution in [2.75, 3.05) is 0 Å². The van der Waals surface area contributed by atoms with Crippen LogP contribution in [0.3, 0.4) is 0 Å². The quantitative estimate of drug-likeness (QED) is 0.530. The normalized spacial score (nSPS) is 13.9. The second-order valence-corrected chi connectivity index (χ2v) is 4.95. The van der Waals surface area contributed by atoms with Gasteiger partial charge in [0.15, 0.2) is 5.00 Å². The zero-order valence-corrected chi connectivity index (χ0v) is 10.9. The van der Waals surface area contributed by atoms with Crippen molar-refractivity contribution in [1.29, 1.82) is 0 Å². The topological polar surface area (TPSA) is 43.1 Å². The van der Waals surface area contributed by atoms with Crippen molar-refractivity contribution in [2.24, 2.45) is 5.73 Å². The maximum atomic E-state index is 12.3. The minimum Gasteiger partial charge on any atom is -0.302 e. The van der Waals surface area contributed by atoms with Crippen LogP contribution in [0.25, 0.3) is 0 Å². The van der Waals surface area contributed by atoms with E-state index in [0.29, 0.717) is 16.1 Å². The van der Waals surface area contributed by atoms with Gasteiger partial charge in [0, 0.05) is 10.6 Å². The maximum absolute atomic E-state index is 12.3. The lowest BCUT2D eigenvalue weighted by atomic mass is 9.97. The number of nitrogens with two attached hydrogens (primary N) is 1. The van der Waals surface area contributed by atoms with Crippen molar-refractivity contribution in [3.63, 3.8) is 0 Å². The number of Topliss-reactive ketones (excluding diaryl/α,β-unsaturated/α-hetero) is 1. The van der Waals surface area contributed by atoms with Crippen LogP contribution in [-0.4, -0.2) is 5.78 Å². The summed E-state index contributed by atoms with van der Waals surface area (Å²) in [5.41, 5.74) is 6.93. The maximum Gasteiger partial charge on any atom is 0.202 e. The average Bonchev–Trinajstić information content (AvgIpc) is 2.40. The van der Waals surface area contributed by atoms with Gasteiger partial charge in [-0.15, -0.1) is 0 Å². The van der Waals surface area contributed by atoms with E-state index >= 15 is 0 Å². The molecule has 0 saturated carbocycles. The van der Waals surface area contributed by atoms with Gasteiger partial charge < -0.3 is 5.73 Å². The number of carbonyl (C=O) groups excluding carboxylic acids is 1. The Balaban J connectivity index is 2.36. The van der Waals surface area contributed by atoms with Gasteiger partial charge in [0.1, 0.15) is 0 Å². The molecule has 1 atom stereocenters. The van der Waals surface area contributed by atoms with Crippen molar-refractivity contribution < 1.29 is 4.79 Å². The highest BCUT2D eigenvalue weighted by atomic mass is 35.5. The van der Waals surface area contributed by atoms with Crippen LogP contribution in [0, 0.1) is 0 Å². The molecule has 2 rings (SSSR count). The lowest BCUT2D eigenvalue weighted by Crippen LogP contribution is -2.39. The monoisotopic (exact) mass is 279 g/mol. The predicted octanol–water partition coefficient (Wildman–Crippen LogP) is 3.57. The van der Waals surface area contributed by atoms with Crippen LogP contribution >= 0.6 is 23.2 Å². The summed E-state index contributed by atoms with van der Waals surface area (Å²) >= 11 is 12.0. The molecule has 2 aromatic carbocycles. The number of alkyl halides is 1. The zero-order chi connectivity index (χ0) is 13.2. The Morgan fingerprint density at radius 2 is 1.56 bits per heavy atom. The fourth-order valence-electron chi connectivity index (χ4n) is 1.62. The summed E-state index contributed by atoms with van der Waals surface area (Å²) in [6.45, 7) is 0. The highest BCUT2D eigenvalue weighted by Gasteiger charge is 2.34. The third-order valence-electron chi connectivity index (χ3n) is 2.63. The summed E-state index contributed by atoms with van der Waals surface area (Å²) in [5.74, 6) is -0.355. The molecule has 0 amide bonds. The lowest BCUT2D eigenvalue weighted by molar-refractivity contribution is 0.0940. The molecule has 2 aromatic rings. The van der Waals surface area contributed by atoms with Crippen LogP contribution < -0.4 is 5.73 Å². The van der Waals surface area contributed by atoms with E-state index in [-0.39, 0.29) is 5.78 Å². The number of halogens is 2. The van der Waals surface area contributed by atoms with E-state index in [1.165, 1.54) is 0 Å². The summed E-state index contributed by atoms with van der Waals surface area (Å²) in [4.78, 5) is 10.7. The van der Waals surface area contributed by atoms with Crippen molar-refractivity contribution in [2.45, 2.75) is 5.00 Å². The number of carbonyl (C=O) groups is 1. The molecular weight excluding hydrogens is 269 g/mol. The molecule has 0 heterocycles. The second kappa shape index (κ2) is 5.11. The van der Waals surface area contributed by atoms with Gasteiger partial charge in [0.05, 0.1) is 0 Å². The highest BCUT2D eigenvalue weighted by Crippen LogP contribution is 2.27. The van der Waals surface area contributed by atoms with Crippen LogP contribution in [0.4, 0.5) is 0 Å². The van der Waals surface area contributed by atoms with E-state index in [0.717, 1.165) is 0 Å². The number of hydrogen-bond acceptors (Lipinski definition) is 2. The SMILES string of the molecule is NC(Cl)(C(=O)c1ccc(Cl)cc1)c1ccccc1. The molecule has 18 heavy (non-hydrogen) atoms. The van der Waals surface area contributed by atoms with Crippen molar-refractivity contribution in [3.05, 3.63) is 70.7 Å². The smallest absolute Gasteiger partial charge is 0.202 e. The van der Waals surface area contributed by atoms with E-state index < -0.39 is 5.00 Å². The molecule has 4 heteroatoms. The Labute approximate surface area is 115 Å². The van der Waals surface area contributed by atoms with E-state index in [1.54, 1.807) is 48.5 Å². The molecule has 0 saturated heterocycles. The average molecular weight is 280 g/mol. The Bertz CT molecular complexity index is 550. The predicted molar refractivity (Wildman–Crippen MR) is 73.9 cm³/mol. The molecule has 0 aromatic heterocycles. The molecule has 2 N–H and O–H groups in total. The third-order valence-corrected chi connectivity index (χ3v) is 3.27. The summed E-state index contributed by atoms with van der Waals surface area (Å²) in [6, 6.07) is 15.3. The zero-order valence-electron chi connectivity index (χ0n) is 9.44. The second-order valence-electron chi connectivity index (χ2n) is 3.91. The van der Waals surface area contributed by atoms with E-state index in [2.05, 4.69) is 0 Å². The number of rotatable bonds is 3. The van der Waals surface area contributed by atoms with E-state index in [1.807, 2.05) is 6.07 Å². The van der Waals surface area contributed by atoms with Crippen LogP contribution in [0.5, 0.6) is 0 Å². The molecule has 1 unspecified atom stereocenters. The fraction of sp³-hybridized carbons (Fsp3) is 0.0714. The first-order chi connectivity index (χ1) is 8.51. The van der Waals surface area contributed by atoms with Gasteiger partial charge in [-0.2, -0.15) is 0 Å². The highest BCUT2D eigenvalue weighted by molar-refractivity contribution is 6.37. The van der Waals surface area contributed by atoms with Gasteiger partial charge in [-0.3, -0.25) is 4.79 Å². The van der Waals surface area contributed by atoms with Crippen molar-refractivity contribution >= 4 is 29.0 Å². The van der Waals surface area contributed by atoms with Gasteiger partial charge in [-0.05, 0) is 29.8 Å². The van der Waals surface area contributed by atoms with E-state index in [9.17, 15) is 4.79 Å². The minimum absolute atomic E-state index is 0.355. The fourth-order valence-corrected chi connectivity index (χ4v) is 1.98. The Morgan fingerprint density at radius 1 is 1.00 bits per heavy atom. The molecule has 2 nitrogen and oxygen atoms in total. The van der Waals surface area contributed by atoms with Crippen LogP contribution in [0.2, 0.25) is 5.02 Å². The van der Waals surface area contributed by atoms with Gasteiger partial charge in [-0.25, -0.2) is 0 Å². The van der Waals surface area contributed by atoms with Gasteiger partial charge in [0.2, 0.25) is 5.78 Å². The molecule has 0 aliphatic rings. The molecule has 92 valence electrons. The molecule has 0 aliphatic heterocycles. The molecule has 0 bridgehead atoms. The summed E-state index contributed by atoms with van der Waals surface area (Å²) in [5, 5.41) is 0.559. The Morgan fingerprint density at radius 3 is 2.11 bits per heavy atom. The molecule has 0 fully saturated rings. The molecule has 0 radical (unpaired) electrons. The molecular formula is C14H11Cl2NO. The Kier molecular flexibility index (Phi) is 3.71. The molecule has 0 aliphatic carbocycles. The standard InChI is InChI=1S/C14H11Cl2NO/c15-12-8-6-10(7-9-12)13(18)14(16,17)11-4-2-1-3-5-11/h1-9H,17H2. The van der Waals surface area contributed by atoms with Gasteiger partial charge in [0.25, 0.3) is 0 Å². The first kappa shape index (κ1) is 13.1. The first-order valence-corrected chi connectivity index (χ1v) is 6.11. The van der Waals surface area contributed by atoms with Crippen LogP contribution in [0.1, 0.15) is 15.9 Å². The summed E-state index contributed by atoms with van der Waals surface area (Å²) < 4.78 is 0. The van der Waals surface area contributed by atoms with Gasteiger partial charge >= 0.3 is 0 Å². The third kappa shape index (κ3) is 2.56. The summed E-state index contributed by atoms with van der Waals surface area (Å²) in [7, 11) is 0. The van der Waals surface area contributed by atoms with Crippen LogP contribution in [-0.2, 0) is 5.00 Å². The first-order valence-electron chi connectivity index (χ1n) is 5.35.